The predicted molar refractivity (Wildman–Crippen MR) is 70.1 cm³/mol. The fourth-order valence-corrected chi connectivity index (χ4v) is 2.09. The van der Waals surface area contributed by atoms with Gasteiger partial charge in [-0.2, -0.15) is 4.98 Å². The molecular formula is C11H18N4O6. The average molecular weight is 302 g/mol. The Labute approximate surface area is 119 Å². The summed E-state index contributed by atoms with van der Waals surface area (Å²) >= 11 is 0. The highest BCUT2D eigenvalue weighted by Crippen LogP contribution is 2.28. The van der Waals surface area contributed by atoms with E-state index >= 15 is 0 Å². The van der Waals surface area contributed by atoms with Crippen molar-refractivity contribution in [2.45, 2.75) is 24.5 Å². The normalized spacial score (nSPS) is 28.8. The lowest BCUT2D eigenvalue weighted by molar-refractivity contribution is -0.0549. The van der Waals surface area contributed by atoms with Gasteiger partial charge in [0.2, 0.25) is 0 Å². The highest BCUT2D eigenvalue weighted by molar-refractivity contribution is 5.34. The summed E-state index contributed by atoms with van der Waals surface area (Å²) in [6.07, 6.45) is -3.47. The molecule has 1 aromatic heterocycles. The molecule has 4 atom stereocenters. The summed E-state index contributed by atoms with van der Waals surface area (Å²) in [5, 5.41) is 38.4. The Morgan fingerprint density at radius 1 is 1.38 bits per heavy atom. The van der Waals surface area contributed by atoms with Crippen molar-refractivity contribution in [1.29, 1.82) is 0 Å². The first kappa shape index (κ1) is 15.8. The summed E-state index contributed by atoms with van der Waals surface area (Å²) in [5.41, 5.74) is -0.740. The van der Waals surface area contributed by atoms with Gasteiger partial charge in [-0.1, -0.05) is 0 Å². The Hall–Kier alpha value is -1.56. The zero-order chi connectivity index (χ0) is 15.6. The maximum atomic E-state index is 12.0. The molecule has 1 fully saturated rings. The van der Waals surface area contributed by atoms with Crippen molar-refractivity contribution >= 4 is 5.82 Å². The molecule has 0 aliphatic carbocycles. The minimum absolute atomic E-state index is 0.101. The van der Waals surface area contributed by atoms with Gasteiger partial charge < -0.3 is 25.2 Å². The van der Waals surface area contributed by atoms with E-state index in [4.69, 9.17) is 20.8 Å². The molecule has 10 heteroatoms. The molecule has 6 N–H and O–H groups in total. The Morgan fingerprint density at radius 3 is 2.62 bits per heavy atom. The van der Waals surface area contributed by atoms with Crippen LogP contribution in [-0.2, 0) is 4.74 Å². The molecule has 1 saturated heterocycles. The van der Waals surface area contributed by atoms with Gasteiger partial charge >= 0.3 is 5.69 Å². The van der Waals surface area contributed by atoms with Gasteiger partial charge in [0, 0.05) is 6.20 Å². The third-order valence-electron chi connectivity index (χ3n) is 3.24. The molecule has 2 heterocycles. The Bertz CT molecular complexity index is 538. The van der Waals surface area contributed by atoms with Gasteiger partial charge in [0.1, 0.15) is 24.1 Å². The Kier molecular flexibility index (Phi) is 4.88. The lowest BCUT2D eigenvalue weighted by Gasteiger charge is -2.19. The number of hydrazine groups is 1. The number of aliphatic hydroxyl groups is 4. The third-order valence-corrected chi connectivity index (χ3v) is 3.24. The van der Waals surface area contributed by atoms with Crippen molar-refractivity contribution < 1.29 is 25.2 Å². The molecule has 0 aromatic carbocycles. The molecule has 1 aliphatic rings. The van der Waals surface area contributed by atoms with Crippen molar-refractivity contribution in [2.24, 2.45) is 5.84 Å². The molecule has 0 radical (unpaired) electrons. The fourth-order valence-electron chi connectivity index (χ4n) is 2.09. The lowest BCUT2D eigenvalue weighted by atomic mass is 10.1. The van der Waals surface area contributed by atoms with Gasteiger partial charge in [0.05, 0.1) is 19.8 Å². The fraction of sp³-hybridized carbons (Fsp3) is 0.636. The molecular weight excluding hydrogens is 284 g/mol. The molecule has 118 valence electrons. The molecule has 10 nitrogen and oxygen atoms in total. The van der Waals surface area contributed by atoms with E-state index in [9.17, 15) is 15.0 Å². The van der Waals surface area contributed by atoms with Crippen LogP contribution in [0.1, 0.15) is 6.23 Å². The van der Waals surface area contributed by atoms with Crippen LogP contribution in [0.3, 0.4) is 0 Å². The average Bonchev–Trinajstić information content (AvgIpc) is 2.75. The van der Waals surface area contributed by atoms with Gasteiger partial charge in [0.15, 0.2) is 6.23 Å². The number of hydrogen-bond acceptors (Lipinski definition) is 9. The summed E-state index contributed by atoms with van der Waals surface area (Å²) < 4.78 is 6.24. The molecule has 1 aromatic rings. The van der Waals surface area contributed by atoms with Crippen molar-refractivity contribution in [1.82, 2.24) is 9.55 Å². The van der Waals surface area contributed by atoms with E-state index in [1.54, 1.807) is 0 Å². The van der Waals surface area contributed by atoms with Crippen molar-refractivity contribution in [3.8, 4) is 0 Å². The minimum atomic E-state index is -1.36. The van der Waals surface area contributed by atoms with Gasteiger partial charge in [0.25, 0.3) is 0 Å². The smallest absolute Gasteiger partial charge is 0.351 e. The standard InChI is InChI=1S/C11H18N4O6/c12-15(3-4-16)7-1-2-14(11(20)13-7)10-9(19)8(18)6(5-17)21-10/h1-2,6,8-10,16-19H,3-5,12H2. The van der Waals surface area contributed by atoms with Crippen LogP contribution in [0.4, 0.5) is 5.82 Å². The quantitative estimate of drug-likeness (QED) is 0.275. The summed E-state index contributed by atoms with van der Waals surface area (Å²) in [4.78, 5) is 15.7. The number of hydrogen-bond donors (Lipinski definition) is 5. The van der Waals surface area contributed by atoms with E-state index < -0.39 is 36.8 Å². The van der Waals surface area contributed by atoms with E-state index in [0.29, 0.717) is 0 Å². The zero-order valence-corrected chi connectivity index (χ0v) is 11.1. The van der Waals surface area contributed by atoms with E-state index in [-0.39, 0.29) is 19.0 Å². The Balaban J connectivity index is 2.24. The molecule has 2 rings (SSSR count). The molecule has 0 bridgehead atoms. The first-order valence-corrected chi connectivity index (χ1v) is 6.34. The van der Waals surface area contributed by atoms with Crippen LogP contribution in [0.5, 0.6) is 0 Å². The summed E-state index contributed by atoms with van der Waals surface area (Å²) in [5.74, 6) is 5.73. The van der Waals surface area contributed by atoms with E-state index in [2.05, 4.69) is 4.98 Å². The first-order valence-electron chi connectivity index (χ1n) is 6.34. The second-order valence-electron chi connectivity index (χ2n) is 4.62. The van der Waals surface area contributed by atoms with E-state index in [0.717, 1.165) is 9.58 Å². The largest absolute Gasteiger partial charge is 0.394 e. The van der Waals surface area contributed by atoms with Crippen molar-refractivity contribution in [2.75, 3.05) is 24.8 Å². The molecule has 4 unspecified atom stereocenters. The zero-order valence-electron chi connectivity index (χ0n) is 11.1. The SMILES string of the molecule is NN(CCO)c1ccn(C2OC(CO)C(O)C2O)c(=O)n1. The lowest BCUT2D eigenvalue weighted by Crippen LogP contribution is -2.39. The topological polar surface area (TPSA) is 154 Å². The number of ether oxygens (including phenoxy) is 1. The predicted octanol–water partition coefficient (Wildman–Crippen LogP) is -3.47. The number of nitrogens with zero attached hydrogens (tertiary/aromatic N) is 3. The Morgan fingerprint density at radius 2 is 2.10 bits per heavy atom. The first-order chi connectivity index (χ1) is 9.99. The molecule has 21 heavy (non-hydrogen) atoms. The van der Waals surface area contributed by atoms with Crippen LogP contribution < -0.4 is 16.5 Å². The monoisotopic (exact) mass is 302 g/mol. The van der Waals surface area contributed by atoms with Gasteiger partial charge in [-0.3, -0.25) is 9.58 Å². The maximum Gasteiger partial charge on any atom is 0.351 e. The van der Waals surface area contributed by atoms with E-state index in [1.165, 1.54) is 12.3 Å². The van der Waals surface area contributed by atoms with Crippen LogP contribution in [0.25, 0.3) is 0 Å². The maximum absolute atomic E-state index is 12.0. The van der Waals surface area contributed by atoms with Crippen LogP contribution in [0.15, 0.2) is 17.1 Å². The van der Waals surface area contributed by atoms with E-state index in [1.807, 2.05) is 0 Å². The van der Waals surface area contributed by atoms with Crippen molar-refractivity contribution in [3.05, 3.63) is 22.7 Å². The summed E-state index contributed by atoms with van der Waals surface area (Å²) in [6.45, 7) is -0.581. The molecule has 0 spiro atoms. The van der Waals surface area contributed by atoms with Crippen LogP contribution in [-0.4, -0.2) is 68.0 Å². The van der Waals surface area contributed by atoms with Crippen LogP contribution in [0, 0.1) is 0 Å². The highest BCUT2D eigenvalue weighted by atomic mass is 16.6. The third kappa shape index (κ3) is 3.05. The molecule has 0 amide bonds. The van der Waals surface area contributed by atoms with Gasteiger partial charge in [-0.15, -0.1) is 0 Å². The van der Waals surface area contributed by atoms with Crippen molar-refractivity contribution in [3.63, 3.8) is 0 Å². The molecule has 1 aliphatic heterocycles. The molecule has 0 saturated carbocycles. The second kappa shape index (κ2) is 6.47. The minimum Gasteiger partial charge on any atom is -0.394 e. The van der Waals surface area contributed by atoms with Crippen LogP contribution >= 0.6 is 0 Å². The number of aliphatic hydroxyl groups excluding tert-OH is 4. The van der Waals surface area contributed by atoms with Gasteiger partial charge in [-0.25, -0.2) is 10.6 Å². The second-order valence-corrected chi connectivity index (χ2v) is 4.62. The summed E-state index contributed by atoms with van der Waals surface area (Å²) in [6, 6.07) is 1.41. The number of anilines is 1. The number of nitrogens with two attached hydrogens (primary N) is 1. The van der Waals surface area contributed by atoms with Gasteiger partial charge in [-0.05, 0) is 6.07 Å². The summed E-state index contributed by atoms with van der Waals surface area (Å²) in [7, 11) is 0. The highest BCUT2D eigenvalue weighted by Gasteiger charge is 2.43. The van der Waals surface area contributed by atoms with Crippen LogP contribution in [0.2, 0.25) is 0 Å². The number of aromatic nitrogens is 2. The number of rotatable bonds is 5.